The van der Waals surface area contributed by atoms with Crippen LogP contribution in [0.2, 0.25) is 0 Å². The number of hydrogen-bond acceptors (Lipinski definition) is 2. The number of nitrogens with one attached hydrogen (secondary N) is 1. The van der Waals surface area contributed by atoms with Crippen molar-refractivity contribution < 1.29 is 0 Å². The second-order valence-electron chi connectivity index (χ2n) is 5.49. The summed E-state index contributed by atoms with van der Waals surface area (Å²) in [5.74, 6) is 1.83. The highest BCUT2D eigenvalue weighted by Crippen LogP contribution is 2.33. The molecule has 3 nitrogen and oxygen atoms in total. The third-order valence-electron chi connectivity index (χ3n) is 3.82. The maximum Gasteiger partial charge on any atom is 0.123 e. The Kier molecular flexibility index (Phi) is 3.46. The monoisotopic (exact) mass is 319 g/mol. The molecular formula is C15H18BrN3. The molecule has 1 fully saturated rings. The van der Waals surface area contributed by atoms with E-state index < -0.39 is 0 Å². The third-order valence-corrected chi connectivity index (χ3v) is 4.35. The molecule has 100 valence electrons. The van der Waals surface area contributed by atoms with Crippen LogP contribution in [0.5, 0.6) is 0 Å². The number of benzene rings is 1. The van der Waals surface area contributed by atoms with Crippen molar-refractivity contribution in [2.24, 2.45) is 5.92 Å². The molecule has 1 aliphatic rings. The highest BCUT2D eigenvalue weighted by molar-refractivity contribution is 9.10. The van der Waals surface area contributed by atoms with Gasteiger partial charge in [-0.05, 0) is 37.1 Å². The van der Waals surface area contributed by atoms with Crippen molar-refractivity contribution in [2.75, 3.05) is 13.6 Å². The van der Waals surface area contributed by atoms with E-state index in [-0.39, 0.29) is 0 Å². The van der Waals surface area contributed by atoms with E-state index in [0.717, 1.165) is 28.5 Å². The van der Waals surface area contributed by atoms with Gasteiger partial charge in [0.05, 0.1) is 17.9 Å². The van der Waals surface area contributed by atoms with Crippen molar-refractivity contribution in [1.82, 2.24) is 14.9 Å². The first kappa shape index (κ1) is 12.9. The molecule has 1 saturated heterocycles. The molecule has 3 rings (SSSR count). The van der Waals surface area contributed by atoms with E-state index in [9.17, 15) is 0 Å². The molecule has 0 aliphatic carbocycles. The summed E-state index contributed by atoms with van der Waals surface area (Å²) in [6, 6.07) is 8.74. The zero-order valence-electron chi connectivity index (χ0n) is 11.2. The number of H-pyrrole nitrogens is 1. The van der Waals surface area contributed by atoms with E-state index in [2.05, 4.69) is 69.0 Å². The Morgan fingerprint density at radius 2 is 2.05 bits per heavy atom. The van der Waals surface area contributed by atoms with E-state index in [1.807, 2.05) is 6.20 Å². The van der Waals surface area contributed by atoms with Gasteiger partial charge in [0.2, 0.25) is 0 Å². The summed E-state index contributed by atoms with van der Waals surface area (Å²) in [5, 5.41) is 0. The molecule has 1 aliphatic heterocycles. The van der Waals surface area contributed by atoms with Crippen LogP contribution < -0.4 is 0 Å². The van der Waals surface area contributed by atoms with Crippen LogP contribution in [-0.2, 0) is 0 Å². The van der Waals surface area contributed by atoms with Gasteiger partial charge in [0.25, 0.3) is 0 Å². The lowest BCUT2D eigenvalue weighted by Crippen LogP contribution is -2.19. The second-order valence-corrected chi connectivity index (χ2v) is 6.40. The standard InChI is InChI=1S/C15H18BrN3/c1-10-7-14(19(2)9-10)15-17-8-13(18-15)11-3-5-12(16)6-4-11/h3-6,8,10,14H,7,9H2,1-2H3,(H,17,18). The summed E-state index contributed by atoms with van der Waals surface area (Å²) in [6.45, 7) is 3.45. The lowest BCUT2D eigenvalue weighted by molar-refractivity contribution is 0.305. The molecule has 2 unspecified atom stereocenters. The van der Waals surface area contributed by atoms with Crippen molar-refractivity contribution in [3.05, 3.63) is 40.8 Å². The molecule has 0 bridgehead atoms. The zero-order chi connectivity index (χ0) is 13.4. The molecule has 1 N–H and O–H groups in total. The minimum Gasteiger partial charge on any atom is -0.341 e. The Bertz CT molecular complexity index is 561. The highest BCUT2D eigenvalue weighted by Gasteiger charge is 2.29. The lowest BCUT2D eigenvalue weighted by Gasteiger charge is -2.16. The minimum atomic E-state index is 0.430. The maximum atomic E-state index is 4.57. The average molecular weight is 320 g/mol. The van der Waals surface area contributed by atoms with Crippen LogP contribution in [0, 0.1) is 5.92 Å². The van der Waals surface area contributed by atoms with Crippen LogP contribution in [0.3, 0.4) is 0 Å². The normalized spacial score (nSPS) is 23.9. The van der Waals surface area contributed by atoms with Crippen molar-refractivity contribution in [2.45, 2.75) is 19.4 Å². The topological polar surface area (TPSA) is 31.9 Å². The molecule has 4 heteroatoms. The largest absolute Gasteiger partial charge is 0.341 e. The van der Waals surface area contributed by atoms with Gasteiger partial charge in [-0.1, -0.05) is 35.0 Å². The summed E-state index contributed by atoms with van der Waals surface area (Å²) < 4.78 is 1.10. The molecule has 1 aromatic carbocycles. The summed E-state index contributed by atoms with van der Waals surface area (Å²) in [5.41, 5.74) is 2.27. The fourth-order valence-electron chi connectivity index (χ4n) is 2.86. The van der Waals surface area contributed by atoms with Gasteiger partial charge in [-0.3, -0.25) is 4.90 Å². The predicted octanol–water partition coefficient (Wildman–Crippen LogP) is 3.85. The number of imidazole rings is 1. The Morgan fingerprint density at radius 3 is 2.68 bits per heavy atom. The summed E-state index contributed by atoms with van der Waals surface area (Å²) in [4.78, 5) is 10.4. The Balaban J connectivity index is 1.85. The fraction of sp³-hybridized carbons (Fsp3) is 0.400. The van der Waals surface area contributed by atoms with Crippen molar-refractivity contribution in [3.63, 3.8) is 0 Å². The predicted molar refractivity (Wildman–Crippen MR) is 80.9 cm³/mol. The molecule has 2 heterocycles. The van der Waals surface area contributed by atoms with Gasteiger partial charge in [0, 0.05) is 11.0 Å². The first-order valence-corrected chi connectivity index (χ1v) is 7.44. The molecule has 0 amide bonds. The third kappa shape index (κ3) is 2.60. The molecule has 0 saturated carbocycles. The zero-order valence-corrected chi connectivity index (χ0v) is 12.8. The van der Waals surface area contributed by atoms with E-state index in [4.69, 9.17) is 0 Å². The van der Waals surface area contributed by atoms with Gasteiger partial charge in [-0.15, -0.1) is 0 Å². The smallest absolute Gasteiger partial charge is 0.123 e. The van der Waals surface area contributed by atoms with Gasteiger partial charge >= 0.3 is 0 Å². The Labute approximate surface area is 122 Å². The van der Waals surface area contributed by atoms with Gasteiger partial charge in [-0.25, -0.2) is 4.98 Å². The Hall–Kier alpha value is -1.13. The second kappa shape index (κ2) is 5.10. The van der Waals surface area contributed by atoms with Gasteiger partial charge < -0.3 is 4.98 Å². The number of aromatic nitrogens is 2. The van der Waals surface area contributed by atoms with Crippen LogP contribution >= 0.6 is 15.9 Å². The van der Waals surface area contributed by atoms with E-state index >= 15 is 0 Å². The quantitative estimate of drug-likeness (QED) is 0.911. The number of halogens is 1. The van der Waals surface area contributed by atoms with Crippen LogP contribution in [0.15, 0.2) is 34.9 Å². The number of likely N-dealkylation sites (tertiary alicyclic amines) is 1. The molecule has 2 aromatic rings. The highest BCUT2D eigenvalue weighted by atomic mass is 79.9. The molecule has 0 spiro atoms. The molecular weight excluding hydrogens is 302 g/mol. The number of aromatic amines is 1. The number of nitrogens with zero attached hydrogens (tertiary/aromatic N) is 2. The van der Waals surface area contributed by atoms with Gasteiger partial charge in [0.15, 0.2) is 0 Å². The van der Waals surface area contributed by atoms with Crippen LogP contribution in [0.1, 0.15) is 25.2 Å². The molecule has 19 heavy (non-hydrogen) atoms. The summed E-state index contributed by atoms with van der Waals surface area (Å²) >= 11 is 3.46. The fourth-order valence-corrected chi connectivity index (χ4v) is 3.12. The first-order valence-electron chi connectivity index (χ1n) is 6.64. The maximum absolute atomic E-state index is 4.57. The summed E-state index contributed by atoms with van der Waals surface area (Å²) in [7, 11) is 2.18. The number of hydrogen-bond donors (Lipinski definition) is 1. The molecule has 1 aromatic heterocycles. The summed E-state index contributed by atoms with van der Waals surface area (Å²) in [6.07, 6.45) is 3.12. The number of rotatable bonds is 2. The van der Waals surface area contributed by atoms with Gasteiger partial charge in [-0.2, -0.15) is 0 Å². The van der Waals surface area contributed by atoms with Crippen molar-refractivity contribution >= 4 is 15.9 Å². The minimum absolute atomic E-state index is 0.430. The molecule has 2 atom stereocenters. The van der Waals surface area contributed by atoms with E-state index in [1.54, 1.807) is 0 Å². The van der Waals surface area contributed by atoms with Gasteiger partial charge in [0.1, 0.15) is 5.82 Å². The first-order chi connectivity index (χ1) is 9.13. The van der Waals surface area contributed by atoms with Crippen LogP contribution in [-0.4, -0.2) is 28.5 Å². The van der Waals surface area contributed by atoms with Crippen molar-refractivity contribution in [1.29, 1.82) is 0 Å². The average Bonchev–Trinajstić information content (AvgIpc) is 2.97. The SMILES string of the molecule is CC1CC(c2ncc(-c3ccc(Br)cc3)[nH]2)N(C)C1. The molecule has 0 radical (unpaired) electrons. The van der Waals surface area contributed by atoms with Crippen LogP contribution in [0.4, 0.5) is 0 Å². The van der Waals surface area contributed by atoms with Crippen molar-refractivity contribution in [3.8, 4) is 11.3 Å². The van der Waals surface area contributed by atoms with E-state index in [0.29, 0.717) is 6.04 Å². The van der Waals surface area contributed by atoms with E-state index in [1.165, 1.54) is 12.0 Å². The van der Waals surface area contributed by atoms with Crippen LogP contribution in [0.25, 0.3) is 11.3 Å². The lowest BCUT2D eigenvalue weighted by atomic mass is 10.1. The Morgan fingerprint density at radius 1 is 1.32 bits per heavy atom.